The maximum Gasteiger partial charge on any atom is 0.214 e. The summed E-state index contributed by atoms with van der Waals surface area (Å²) in [4.78, 5) is 0. The van der Waals surface area contributed by atoms with Gasteiger partial charge in [0.25, 0.3) is 0 Å². The fourth-order valence-corrected chi connectivity index (χ4v) is 5.00. The molecule has 2 rings (SSSR count). The summed E-state index contributed by atoms with van der Waals surface area (Å²) in [5.41, 5.74) is 7.31. The molecule has 1 heterocycles. The Balaban J connectivity index is 2.06. The van der Waals surface area contributed by atoms with E-state index in [1.54, 1.807) is 4.31 Å². The lowest BCUT2D eigenvalue weighted by atomic mass is 9.95. The van der Waals surface area contributed by atoms with Gasteiger partial charge in [-0.25, -0.2) is 8.42 Å². The minimum Gasteiger partial charge on any atom is -0.326 e. The summed E-state index contributed by atoms with van der Waals surface area (Å²) in [5, 5.41) is 0. The first kappa shape index (κ1) is 16.5. The predicted octanol–water partition coefficient (Wildman–Crippen LogP) is 2.18. The van der Waals surface area contributed by atoms with Gasteiger partial charge in [0.2, 0.25) is 10.0 Å². The smallest absolute Gasteiger partial charge is 0.214 e. The summed E-state index contributed by atoms with van der Waals surface area (Å²) in [5.74, 6) is 0.532. The molecular weight excluding hydrogens is 284 g/mol. The van der Waals surface area contributed by atoms with E-state index in [0.29, 0.717) is 13.1 Å². The van der Waals surface area contributed by atoms with Gasteiger partial charge in [-0.3, -0.25) is 0 Å². The molecule has 1 saturated heterocycles. The monoisotopic (exact) mass is 310 g/mol. The first-order chi connectivity index (χ1) is 9.94. The SMILES string of the molecule is CCCC(C)CS(=O)(=O)N1C[C@@H](N)[C@H](c2ccccc2)C1. The molecule has 0 amide bonds. The lowest BCUT2D eigenvalue weighted by molar-refractivity contribution is 0.455. The second-order valence-corrected chi connectivity index (χ2v) is 8.18. The van der Waals surface area contributed by atoms with Gasteiger partial charge in [0.05, 0.1) is 5.75 Å². The van der Waals surface area contributed by atoms with Crippen LogP contribution < -0.4 is 5.73 Å². The van der Waals surface area contributed by atoms with Crippen LogP contribution in [0.2, 0.25) is 0 Å². The molecule has 0 spiro atoms. The first-order valence-corrected chi connectivity index (χ1v) is 9.33. The number of nitrogens with zero attached hydrogens (tertiary/aromatic N) is 1. The largest absolute Gasteiger partial charge is 0.326 e. The highest BCUT2D eigenvalue weighted by Crippen LogP contribution is 2.29. The minimum absolute atomic E-state index is 0.0995. The highest BCUT2D eigenvalue weighted by molar-refractivity contribution is 7.89. The Morgan fingerprint density at radius 2 is 1.95 bits per heavy atom. The zero-order valence-electron chi connectivity index (χ0n) is 12.9. The van der Waals surface area contributed by atoms with Crippen molar-refractivity contribution in [3.8, 4) is 0 Å². The molecule has 118 valence electrons. The average molecular weight is 310 g/mol. The summed E-state index contributed by atoms with van der Waals surface area (Å²) < 4.78 is 26.6. The molecule has 0 radical (unpaired) electrons. The van der Waals surface area contributed by atoms with E-state index in [2.05, 4.69) is 6.92 Å². The van der Waals surface area contributed by atoms with E-state index in [1.165, 1.54) is 0 Å². The van der Waals surface area contributed by atoms with Gasteiger partial charge in [0.1, 0.15) is 0 Å². The van der Waals surface area contributed by atoms with Crippen LogP contribution in [0.5, 0.6) is 0 Å². The van der Waals surface area contributed by atoms with Crippen molar-refractivity contribution in [3.05, 3.63) is 35.9 Å². The van der Waals surface area contributed by atoms with E-state index < -0.39 is 10.0 Å². The maximum absolute atomic E-state index is 12.5. The van der Waals surface area contributed by atoms with Gasteiger partial charge in [-0.2, -0.15) is 4.31 Å². The van der Waals surface area contributed by atoms with Crippen LogP contribution in [0.15, 0.2) is 30.3 Å². The molecule has 3 atom stereocenters. The Bertz CT molecular complexity index is 545. The topological polar surface area (TPSA) is 63.4 Å². The fourth-order valence-electron chi connectivity index (χ4n) is 3.11. The van der Waals surface area contributed by atoms with Gasteiger partial charge >= 0.3 is 0 Å². The van der Waals surface area contributed by atoms with Crippen molar-refractivity contribution in [3.63, 3.8) is 0 Å². The van der Waals surface area contributed by atoms with E-state index in [4.69, 9.17) is 5.73 Å². The highest BCUT2D eigenvalue weighted by atomic mass is 32.2. The van der Waals surface area contributed by atoms with Gasteiger partial charge < -0.3 is 5.73 Å². The van der Waals surface area contributed by atoms with Gasteiger partial charge in [0.15, 0.2) is 0 Å². The van der Waals surface area contributed by atoms with E-state index in [-0.39, 0.29) is 23.6 Å². The standard InChI is InChI=1S/C16H26N2O2S/c1-3-7-13(2)12-21(19,20)18-10-15(16(17)11-18)14-8-5-4-6-9-14/h4-6,8-9,13,15-16H,3,7,10-12,17H2,1-2H3/t13?,15-,16+/m0/s1. The third-order valence-electron chi connectivity index (χ3n) is 4.23. The van der Waals surface area contributed by atoms with Crippen molar-refractivity contribution in [1.29, 1.82) is 0 Å². The summed E-state index contributed by atoms with van der Waals surface area (Å²) in [6, 6.07) is 9.85. The van der Waals surface area contributed by atoms with Gasteiger partial charge in [-0.05, 0) is 17.9 Å². The van der Waals surface area contributed by atoms with Crippen molar-refractivity contribution in [2.75, 3.05) is 18.8 Å². The molecule has 1 aromatic rings. The van der Waals surface area contributed by atoms with E-state index in [9.17, 15) is 8.42 Å². The Morgan fingerprint density at radius 1 is 1.29 bits per heavy atom. The van der Waals surface area contributed by atoms with E-state index in [0.717, 1.165) is 18.4 Å². The quantitative estimate of drug-likeness (QED) is 0.876. The molecule has 1 unspecified atom stereocenters. The van der Waals surface area contributed by atoms with Crippen molar-refractivity contribution >= 4 is 10.0 Å². The molecule has 1 aliphatic heterocycles. The van der Waals surface area contributed by atoms with Crippen molar-refractivity contribution in [1.82, 2.24) is 4.31 Å². The Kier molecular flexibility index (Phi) is 5.41. The van der Waals surface area contributed by atoms with E-state index >= 15 is 0 Å². The molecule has 0 aromatic heterocycles. The normalized spacial score (nSPS) is 25.1. The van der Waals surface area contributed by atoms with Crippen LogP contribution in [-0.4, -0.2) is 37.6 Å². The molecule has 21 heavy (non-hydrogen) atoms. The Morgan fingerprint density at radius 3 is 2.57 bits per heavy atom. The van der Waals surface area contributed by atoms with Gasteiger partial charge in [-0.15, -0.1) is 0 Å². The summed E-state index contributed by atoms with van der Waals surface area (Å²) in [7, 11) is -3.20. The highest BCUT2D eigenvalue weighted by Gasteiger charge is 2.37. The Labute approximate surface area is 128 Å². The molecule has 5 heteroatoms. The van der Waals surface area contributed by atoms with Gasteiger partial charge in [0, 0.05) is 25.0 Å². The zero-order chi connectivity index (χ0) is 15.5. The number of nitrogens with two attached hydrogens (primary N) is 1. The summed E-state index contributed by atoms with van der Waals surface area (Å²) in [6.07, 6.45) is 1.96. The van der Waals surface area contributed by atoms with Crippen molar-refractivity contribution < 1.29 is 8.42 Å². The third kappa shape index (κ3) is 4.05. The second-order valence-electron chi connectivity index (χ2n) is 6.17. The molecule has 0 bridgehead atoms. The minimum atomic E-state index is -3.20. The molecule has 4 nitrogen and oxygen atoms in total. The molecule has 0 saturated carbocycles. The van der Waals surface area contributed by atoms with Crippen LogP contribution in [0, 0.1) is 5.92 Å². The van der Waals surface area contributed by atoms with Crippen molar-refractivity contribution in [2.24, 2.45) is 11.7 Å². The fraction of sp³-hybridized carbons (Fsp3) is 0.625. The summed E-state index contributed by atoms with van der Waals surface area (Å²) >= 11 is 0. The molecular formula is C16H26N2O2S. The van der Waals surface area contributed by atoms with Crippen LogP contribution in [0.3, 0.4) is 0 Å². The van der Waals surface area contributed by atoms with Crippen LogP contribution >= 0.6 is 0 Å². The average Bonchev–Trinajstić information content (AvgIpc) is 2.82. The number of rotatable bonds is 6. The first-order valence-electron chi connectivity index (χ1n) is 7.72. The number of hydrogen-bond acceptors (Lipinski definition) is 3. The lowest BCUT2D eigenvalue weighted by Gasteiger charge is -2.19. The molecule has 1 aliphatic rings. The molecule has 1 aromatic carbocycles. The maximum atomic E-state index is 12.5. The zero-order valence-corrected chi connectivity index (χ0v) is 13.7. The second kappa shape index (κ2) is 6.90. The number of benzene rings is 1. The Hall–Kier alpha value is -0.910. The molecule has 2 N–H and O–H groups in total. The van der Waals surface area contributed by atoms with Gasteiger partial charge in [-0.1, -0.05) is 50.6 Å². The molecule has 1 fully saturated rings. The van der Waals surface area contributed by atoms with Crippen LogP contribution in [0.1, 0.15) is 38.2 Å². The van der Waals surface area contributed by atoms with Crippen LogP contribution in [0.4, 0.5) is 0 Å². The lowest BCUT2D eigenvalue weighted by Crippen LogP contribution is -2.35. The van der Waals surface area contributed by atoms with Crippen LogP contribution in [-0.2, 0) is 10.0 Å². The van der Waals surface area contributed by atoms with Crippen molar-refractivity contribution in [2.45, 2.75) is 38.6 Å². The predicted molar refractivity (Wildman–Crippen MR) is 86.6 cm³/mol. The van der Waals surface area contributed by atoms with E-state index in [1.807, 2.05) is 37.3 Å². The number of sulfonamides is 1. The third-order valence-corrected chi connectivity index (χ3v) is 6.30. The summed E-state index contributed by atoms with van der Waals surface area (Å²) in [6.45, 7) is 5.03. The molecule has 0 aliphatic carbocycles. The number of hydrogen-bond donors (Lipinski definition) is 1. The van der Waals surface area contributed by atoms with Crippen LogP contribution in [0.25, 0.3) is 0 Å².